The lowest BCUT2D eigenvalue weighted by atomic mass is 10.1. The number of benzene rings is 1. The van der Waals surface area contributed by atoms with Gasteiger partial charge in [-0.15, -0.1) is 0 Å². The molecular weight excluding hydrogens is 248 g/mol. The maximum atomic E-state index is 5.99. The maximum Gasteiger partial charge on any atom is 0.0540 e. The zero-order valence-corrected chi connectivity index (χ0v) is 12.8. The van der Waals surface area contributed by atoms with E-state index in [1.807, 2.05) is 17.9 Å². The summed E-state index contributed by atoms with van der Waals surface area (Å²) in [5, 5.41) is 4.32. The monoisotopic (exact) mass is 272 g/mol. The summed E-state index contributed by atoms with van der Waals surface area (Å²) in [7, 11) is 4.08. The van der Waals surface area contributed by atoms with Crippen LogP contribution < -0.4 is 5.73 Å². The normalized spacial score (nSPS) is 12.9. The fourth-order valence-electron chi connectivity index (χ4n) is 2.60. The highest BCUT2D eigenvalue weighted by atomic mass is 15.3. The third-order valence-corrected chi connectivity index (χ3v) is 3.90. The molecule has 1 aromatic heterocycles. The molecule has 20 heavy (non-hydrogen) atoms. The SMILES string of the molecule is Cc1cccc(CN(C)C(CN)c2cnn(C)c2C)c1. The van der Waals surface area contributed by atoms with Gasteiger partial charge in [0.15, 0.2) is 0 Å². The Hall–Kier alpha value is -1.65. The van der Waals surface area contributed by atoms with E-state index in [-0.39, 0.29) is 6.04 Å². The number of nitrogens with zero attached hydrogens (tertiary/aromatic N) is 3. The Morgan fingerprint density at radius 1 is 1.35 bits per heavy atom. The van der Waals surface area contributed by atoms with Gasteiger partial charge in [-0.1, -0.05) is 29.8 Å². The van der Waals surface area contributed by atoms with Crippen LogP contribution in [0.1, 0.15) is 28.4 Å². The Bertz CT molecular complexity index is 574. The number of aromatic nitrogens is 2. The number of hydrogen-bond acceptors (Lipinski definition) is 3. The molecule has 1 atom stereocenters. The van der Waals surface area contributed by atoms with Gasteiger partial charge in [-0.2, -0.15) is 5.10 Å². The van der Waals surface area contributed by atoms with Crippen LogP contribution >= 0.6 is 0 Å². The average Bonchev–Trinajstić information content (AvgIpc) is 2.72. The fraction of sp³-hybridized carbons (Fsp3) is 0.438. The Morgan fingerprint density at radius 2 is 2.10 bits per heavy atom. The Balaban J connectivity index is 2.17. The van der Waals surface area contributed by atoms with Gasteiger partial charge in [-0.25, -0.2) is 0 Å². The second kappa shape index (κ2) is 6.20. The van der Waals surface area contributed by atoms with Crippen molar-refractivity contribution in [1.29, 1.82) is 0 Å². The molecule has 0 radical (unpaired) electrons. The van der Waals surface area contributed by atoms with E-state index >= 15 is 0 Å². The lowest BCUT2D eigenvalue weighted by molar-refractivity contribution is 0.241. The molecular formula is C16H24N4. The van der Waals surface area contributed by atoms with Crippen molar-refractivity contribution >= 4 is 0 Å². The van der Waals surface area contributed by atoms with Crippen LogP contribution in [0.4, 0.5) is 0 Å². The zero-order valence-electron chi connectivity index (χ0n) is 12.8. The standard InChI is InChI=1S/C16H24N4/c1-12-6-5-7-14(8-12)11-19(3)16(9-17)15-10-18-20(4)13(15)2/h5-8,10,16H,9,11,17H2,1-4H3. The Labute approximate surface area is 121 Å². The third-order valence-electron chi connectivity index (χ3n) is 3.90. The molecule has 0 saturated carbocycles. The quantitative estimate of drug-likeness (QED) is 0.907. The number of likely N-dealkylation sites (N-methyl/N-ethyl adjacent to an activating group) is 1. The Kier molecular flexibility index (Phi) is 4.57. The summed E-state index contributed by atoms with van der Waals surface area (Å²) in [6, 6.07) is 8.80. The van der Waals surface area contributed by atoms with E-state index in [2.05, 4.69) is 55.2 Å². The van der Waals surface area contributed by atoms with Crippen LogP contribution in [0.3, 0.4) is 0 Å². The molecule has 0 aliphatic rings. The summed E-state index contributed by atoms with van der Waals surface area (Å²) in [4.78, 5) is 2.29. The van der Waals surface area contributed by atoms with Crippen LogP contribution in [-0.4, -0.2) is 28.3 Å². The van der Waals surface area contributed by atoms with Gasteiger partial charge >= 0.3 is 0 Å². The van der Waals surface area contributed by atoms with Gasteiger partial charge < -0.3 is 5.73 Å². The summed E-state index contributed by atoms with van der Waals surface area (Å²) in [6.07, 6.45) is 1.93. The van der Waals surface area contributed by atoms with Crippen LogP contribution in [0.5, 0.6) is 0 Å². The van der Waals surface area contributed by atoms with Gasteiger partial charge in [-0.3, -0.25) is 9.58 Å². The zero-order chi connectivity index (χ0) is 14.7. The van der Waals surface area contributed by atoms with E-state index in [0.717, 1.165) is 6.54 Å². The van der Waals surface area contributed by atoms with Crippen LogP contribution in [0.2, 0.25) is 0 Å². The molecule has 0 aliphatic heterocycles. The van der Waals surface area contributed by atoms with E-state index in [9.17, 15) is 0 Å². The fourth-order valence-corrected chi connectivity index (χ4v) is 2.60. The lowest BCUT2D eigenvalue weighted by Crippen LogP contribution is -2.30. The van der Waals surface area contributed by atoms with Crippen molar-refractivity contribution < 1.29 is 0 Å². The summed E-state index contributed by atoms with van der Waals surface area (Å²) >= 11 is 0. The van der Waals surface area contributed by atoms with Crippen molar-refractivity contribution in [3.63, 3.8) is 0 Å². The molecule has 0 spiro atoms. The number of aryl methyl sites for hydroxylation is 2. The largest absolute Gasteiger partial charge is 0.329 e. The minimum absolute atomic E-state index is 0.198. The lowest BCUT2D eigenvalue weighted by Gasteiger charge is -2.27. The van der Waals surface area contributed by atoms with Crippen LogP contribution in [0, 0.1) is 13.8 Å². The molecule has 1 heterocycles. The first-order chi connectivity index (χ1) is 9.52. The predicted octanol–water partition coefficient (Wildman–Crippen LogP) is 2.17. The second-order valence-corrected chi connectivity index (χ2v) is 5.46. The van der Waals surface area contributed by atoms with Crippen molar-refractivity contribution in [3.8, 4) is 0 Å². The Morgan fingerprint density at radius 3 is 2.65 bits per heavy atom. The van der Waals surface area contributed by atoms with E-state index in [1.54, 1.807) is 0 Å². The molecule has 1 unspecified atom stereocenters. The second-order valence-electron chi connectivity index (χ2n) is 5.46. The van der Waals surface area contributed by atoms with Crippen LogP contribution in [0.15, 0.2) is 30.5 Å². The maximum absolute atomic E-state index is 5.99. The van der Waals surface area contributed by atoms with Crippen molar-refractivity contribution in [3.05, 3.63) is 52.8 Å². The van der Waals surface area contributed by atoms with E-state index < -0.39 is 0 Å². The molecule has 1 aromatic carbocycles. The number of rotatable bonds is 5. The van der Waals surface area contributed by atoms with Gasteiger partial charge in [0, 0.05) is 31.4 Å². The molecule has 2 N–H and O–H groups in total. The minimum atomic E-state index is 0.198. The summed E-state index contributed by atoms with van der Waals surface area (Å²) in [5.74, 6) is 0. The number of hydrogen-bond donors (Lipinski definition) is 1. The average molecular weight is 272 g/mol. The molecule has 2 rings (SSSR count). The molecule has 0 fully saturated rings. The highest BCUT2D eigenvalue weighted by Crippen LogP contribution is 2.23. The molecule has 0 saturated heterocycles. The summed E-state index contributed by atoms with van der Waals surface area (Å²) in [6.45, 7) is 5.69. The smallest absolute Gasteiger partial charge is 0.0540 e. The number of nitrogens with two attached hydrogens (primary N) is 1. The van der Waals surface area contributed by atoms with Crippen molar-refractivity contribution in [2.24, 2.45) is 12.8 Å². The molecule has 2 aromatic rings. The van der Waals surface area contributed by atoms with Crippen molar-refractivity contribution in [2.75, 3.05) is 13.6 Å². The van der Waals surface area contributed by atoms with Gasteiger partial charge in [0.2, 0.25) is 0 Å². The van der Waals surface area contributed by atoms with E-state index in [1.165, 1.54) is 22.4 Å². The van der Waals surface area contributed by atoms with Crippen molar-refractivity contribution in [1.82, 2.24) is 14.7 Å². The van der Waals surface area contributed by atoms with Gasteiger partial charge in [0.1, 0.15) is 0 Å². The molecule has 0 aliphatic carbocycles. The molecule has 108 valence electrons. The third kappa shape index (κ3) is 3.08. The van der Waals surface area contributed by atoms with Gasteiger partial charge in [-0.05, 0) is 26.5 Å². The van der Waals surface area contributed by atoms with Crippen LogP contribution in [0.25, 0.3) is 0 Å². The first-order valence-electron chi connectivity index (χ1n) is 6.97. The molecule has 0 bridgehead atoms. The molecule has 4 nitrogen and oxygen atoms in total. The predicted molar refractivity (Wildman–Crippen MR) is 82.4 cm³/mol. The van der Waals surface area contributed by atoms with Crippen molar-refractivity contribution in [2.45, 2.75) is 26.4 Å². The topological polar surface area (TPSA) is 47.1 Å². The first-order valence-corrected chi connectivity index (χ1v) is 6.97. The minimum Gasteiger partial charge on any atom is -0.329 e. The van der Waals surface area contributed by atoms with Gasteiger partial charge in [0.05, 0.1) is 12.2 Å². The van der Waals surface area contributed by atoms with E-state index in [4.69, 9.17) is 5.73 Å². The van der Waals surface area contributed by atoms with Crippen LogP contribution in [-0.2, 0) is 13.6 Å². The summed E-state index contributed by atoms with van der Waals surface area (Å²) in [5.41, 5.74) is 11.0. The van der Waals surface area contributed by atoms with Gasteiger partial charge in [0.25, 0.3) is 0 Å². The highest BCUT2D eigenvalue weighted by Gasteiger charge is 2.19. The molecule has 4 heteroatoms. The summed E-state index contributed by atoms with van der Waals surface area (Å²) < 4.78 is 1.90. The first kappa shape index (κ1) is 14.8. The van der Waals surface area contributed by atoms with E-state index in [0.29, 0.717) is 6.54 Å². The molecule has 0 amide bonds. The highest BCUT2D eigenvalue weighted by molar-refractivity contribution is 5.24.